The molecule has 0 spiro atoms. The summed E-state index contributed by atoms with van der Waals surface area (Å²) in [6.45, 7) is 5.20. The highest BCUT2D eigenvalue weighted by Crippen LogP contribution is 2.44. The number of nitrogens with one attached hydrogen (secondary N) is 2. The molecule has 1 atom stereocenters. The Morgan fingerprint density at radius 3 is 2.12 bits per heavy atom. The SMILES string of the molecule is CC(C)(C)[C@@H](NC(=O)C#CCNC(=O)OCC1c2ccccc2-c2ccccc21)C(=O)O. The molecule has 0 bridgehead atoms. The first-order valence-corrected chi connectivity index (χ1v) is 10.3. The van der Waals surface area contributed by atoms with Gasteiger partial charge in [0.1, 0.15) is 12.6 Å². The zero-order valence-corrected chi connectivity index (χ0v) is 18.3. The van der Waals surface area contributed by atoms with Crippen LogP contribution in [-0.2, 0) is 14.3 Å². The number of hydrogen-bond acceptors (Lipinski definition) is 4. The minimum Gasteiger partial charge on any atom is -0.480 e. The number of amides is 2. The highest BCUT2D eigenvalue weighted by atomic mass is 16.5. The fraction of sp³-hybridized carbons (Fsp3) is 0.320. The molecule has 2 aromatic carbocycles. The number of carbonyl (C=O) groups is 3. The van der Waals surface area contributed by atoms with Crippen molar-refractivity contribution in [2.75, 3.05) is 13.2 Å². The van der Waals surface area contributed by atoms with Crippen molar-refractivity contribution >= 4 is 18.0 Å². The fourth-order valence-electron chi connectivity index (χ4n) is 3.71. The second-order valence-corrected chi connectivity index (χ2v) is 8.59. The third-order valence-corrected chi connectivity index (χ3v) is 5.26. The van der Waals surface area contributed by atoms with Crippen LogP contribution in [0, 0.1) is 17.3 Å². The average Bonchev–Trinajstić information content (AvgIpc) is 3.06. The Morgan fingerprint density at radius 2 is 1.59 bits per heavy atom. The zero-order valence-electron chi connectivity index (χ0n) is 18.3. The summed E-state index contributed by atoms with van der Waals surface area (Å²) in [7, 11) is 0. The first-order valence-electron chi connectivity index (χ1n) is 10.3. The molecule has 0 saturated heterocycles. The number of hydrogen-bond donors (Lipinski definition) is 3. The van der Waals surface area contributed by atoms with Crippen LogP contribution in [-0.4, -0.2) is 42.3 Å². The van der Waals surface area contributed by atoms with Gasteiger partial charge in [0.15, 0.2) is 0 Å². The Bertz CT molecular complexity index is 1050. The fourth-order valence-corrected chi connectivity index (χ4v) is 3.71. The Morgan fingerprint density at radius 1 is 1.03 bits per heavy atom. The quantitative estimate of drug-likeness (QED) is 0.627. The van der Waals surface area contributed by atoms with Gasteiger partial charge in [0.25, 0.3) is 5.91 Å². The normalized spacial score (nSPS) is 13.1. The number of carbonyl (C=O) groups excluding carboxylic acids is 2. The van der Waals surface area contributed by atoms with Gasteiger partial charge in [-0.25, -0.2) is 9.59 Å². The molecule has 166 valence electrons. The maximum absolute atomic E-state index is 12.1. The minimum atomic E-state index is -1.13. The van der Waals surface area contributed by atoms with Crippen LogP contribution in [0.3, 0.4) is 0 Å². The summed E-state index contributed by atoms with van der Waals surface area (Å²) in [4.78, 5) is 35.3. The smallest absolute Gasteiger partial charge is 0.407 e. The summed E-state index contributed by atoms with van der Waals surface area (Å²) in [6.07, 6.45) is -0.639. The third kappa shape index (κ3) is 5.27. The largest absolute Gasteiger partial charge is 0.480 e. The molecule has 0 unspecified atom stereocenters. The van der Waals surface area contributed by atoms with Crippen LogP contribution in [0.1, 0.15) is 37.8 Å². The zero-order chi connectivity index (χ0) is 23.3. The standard InChI is InChI=1S/C25H26N2O5/c1-25(2,3)22(23(29)30)27-21(28)13-8-14-26-24(31)32-15-20-18-11-6-4-9-16(18)17-10-5-7-12-19(17)20/h4-7,9-12,20,22H,14-15H2,1-3H3,(H,26,31)(H,27,28)(H,29,30)/t22-/m0/s1. The molecule has 1 aliphatic carbocycles. The van der Waals surface area contributed by atoms with Crippen LogP contribution < -0.4 is 10.6 Å². The van der Waals surface area contributed by atoms with Gasteiger partial charge < -0.3 is 20.5 Å². The molecule has 2 aromatic rings. The molecule has 1 aliphatic rings. The molecule has 2 amide bonds. The molecule has 0 saturated carbocycles. The number of alkyl carbamates (subject to hydrolysis) is 1. The maximum atomic E-state index is 12.1. The highest BCUT2D eigenvalue weighted by molar-refractivity contribution is 5.96. The first-order chi connectivity index (χ1) is 15.2. The predicted octanol–water partition coefficient (Wildman–Crippen LogP) is 3.14. The van der Waals surface area contributed by atoms with Gasteiger partial charge in [0, 0.05) is 5.92 Å². The molecule has 3 N–H and O–H groups in total. The average molecular weight is 434 g/mol. The molecule has 0 radical (unpaired) electrons. The number of carboxylic acids is 1. The number of aliphatic carboxylic acids is 1. The molecule has 0 fully saturated rings. The monoisotopic (exact) mass is 434 g/mol. The molecule has 7 nitrogen and oxygen atoms in total. The Balaban J connectivity index is 1.51. The lowest BCUT2D eigenvalue weighted by atomic mass is 9.87. The van der Waals surface area contributed by atoms with Crippen molar-refractivity contribution < 1.29 is 24.2 Å². The van der Waals surface area contributed by atoms with Gasteiger partial charge >= 0.3 is 12.1 Å². The van der Waals surface area contributed by atoms with E-state index in [2.05, 4.69) is 34.6 Å². The lowest BCUT2D eigenvalue weighted by Crippen LogP contribution is -2.48. The van der Waals surface area contributed by atoms with Gasteiger partial charge in [-0.1, -0.05) is 75.2 Å². The van der Waals surface area contributed by atoms with E-state index < -0.39 is 29.4 Å². The molecule has 0 heterocycles. The van der Waals surface area contributed by atoms with Gasteiger partial charge in [-0.15, -0.1) is 0 Å². The summed E-state index contributed by atoms with van der Waals surface area (Å²) >= 11 is 0. The summed E-state index contributed by atoms with van der Waals surface area (Å²) in [5.74, 6) is 2.89. The third-order valence-electron chi connectivity index (χ3n) is 5.26. The van der Waals surface area contributed by atoms with Crippen LogP contribution in [0.15, 0.2) is 48.5 Å². The van der Waals surface area contributed by atoms with E-state index in [0.717, 1.165) is 22.3 Å². The number of ether oxygens (including phenoxy) is 1. The summed E-state index contributed by atoms with van der Waals surface area (Å²) < 4.78 is 5.39. The topological polar surface area (TPSA) is 105 Å². The van der Waals surface area contributed by atoms with E-state index >= 15 is 0 Å². The number of fused-ring (bicyclic) bond motifs is 3. The van der Waals surface area contributed by atoms with Gasteiger partial charge in [0.05, 0.1) is 6.54 Å². The van der Waals surface area contributed by atoms with E-state index in [0.29, 0.717) is 0 Å². The number of rotatable bonds is 5. The Kier molecular flexibility index (Phi) is 6.84. The van der Waals surface area contributed by atoms with E-state index in [1.807, 2.05) is 36.4 Å². The van der Waals surface area contributed by atoms with Crippen LogP contribution in [0.5, 0.6) is 0 Å². The van der Waals surface area contributed by atoms with Crippen LogP contribution >= 0.6 is 0 Å². The van der Waals surface area contributed by atoms with E-state index in [9.17, 15) is 19.5 Å². The van der Waals surface area contributed by atoms with Crippen molar-refractivity contribution in [3.05, 3.63) is 59.7 Å². The van der Waals surface area contributed by atoms with Gasteiger partial charge in [-0.05, 0) is 33.6 Å². The first kappa shape index (κ1) is 22.9. The molecule has 3 rings (SSSR count). The maximum Gasteiger partial charge on any atom is 0.407 e. The van der Waals surface area contributed by atoms with Crippen molar-refractivity contribution in [1.29, 1.82) is 0 Å². The van der Waals surface area contributed by atoms with Crippen molar-refractivity contribution in [2.45, 2.75) is 32.7 Å². The van der Waals surface area contributed by atoms with E-state index in [-0.39, 0.29) is 19.1 Å². The van der Waals surface area contributed by atoms with Crippen LogP contribution in [0.2, 0.25) is 0 Å². The molecular weight excluding hydrogens is 408 g/mol. The molecule has 32 heavy (non-hydrogen) atoms. The van der Waals surface area contributed by atoms with Crippen LogP contribution in [0.4, 0.5) is 4.79 Å². The van der Waals surface area contributed by atoms with Crippen LogP contribution in [0.25, 0.3) is 11.1 Å². The van der Waals surface area contributed by atoms with E-state index in [1.165, 1.54) is 0 Å². The van der Waals surface area contributed by atoms with Crippen molar-refractivity contribution in [3.63, 3.8) is 0 Å². The van der Waals surface area contributed by atoms with Crippen molar-refractivity contribution in [2.24, 2.45) is 5.41 Å². The molecule has 0 aromatic heterocycles. The van der Waals surface area contributed by atoms with Crippen molar-refractivity contribution in [3.8, 4) is 23.0 Å². The molecule has 0 aliphatic heterocycles. The van der Waals surface area contributed by atoms with E-state index in [1.54, 1.807) is 20.8 Å². The summed E-state index contributed by atoms with van der Waals surface area (Å²) in [6, 6.07) is 15.0. The molecule has 7 heteroatoms. The predicted molar refractivity (Wildman–Crippen MR) is 120 cm³/mol. The lowest BCUT2D eigenvalue weighted by Gasteiger charge is -2.26. The summed E-state index contributed by atoms with van der Waals surface area (Å²) in [5, 5.41) is 14.1. The molecular formula is C25H26N2O5. The number of benzene rings is 2. The van der Waals surface area contributed by atoms with Gasteiger partial charge in [-0.3, -0.25) is 4.79 Å². The van der Waals surface area contributed by atoms with Gasteiger partial charge in [-0.2, -0.15) is 0 Å². The minimum absolute atomic E-state index is 0.0460. The van der Waals surface area contributed by atoms with Gasteiger partial charge in [0.2, 0.25) is 0 Å². The lowest BCUT2D eigenvalue weighted by molar-refractivity contribution is -0.144. The second kappa shape index (κ2) is 9.56. The second-order valence-electron chi connectivity index (χ2n) is 8.59. The Labute approximate surface area is 187 Å². The summed E-state index contributed by atoms with van der Waals surface area (Å²) in [5.41, 5.74) is 3.85. The number of carboxylic acid groups (broad SMARTS) is 1. The van der Waals surface area contributed by atoms with Crippen molar-refractivity contribution in [1.82, 2.24) is 10.6 Å². The Hall–Kier alpha value is -3.79. The highest BCUT2D eigenvalue weighted by Gasteiger charge is 2.32. The van der Waals surface area contributed by atoms with E-state index in [4.69, 9.17) is 4.74 Å².